The van der Waals surface area contributed by atoms with Gasteiger partial charge in [-0.15, -0.1) is 0 Å². The fraction of sp³-hybridized carbons (Fsp3) is 0.778. The number of nitrogens with one attached hydrogen (secondary N) is 2. The van der Waals surface area contributed by atoms with Gasteiger partial charge < -0.3 is 15.7 Å². The maximum absolute atomic E-state index is 11.3. The first-order valence-electron chi connectivity index (χ1n) is 4.69. The average Bonchev–Trinajstić information content (AvgIpc) is 2.85. The van der Waals surface area contributed by atoms with Gasteiger partial charge in [0.05, 0.1) is 6.54 Å². The normalized spacial score (nSPS) is 19.9. The molecule has 1 saturated carbocycles. The van der Waals surface area contributed by atoms with Gasteiger partial charge in [0.2, 0.25) is 5.91 Å². The van der Waals surface area contributed by atoms with Crippen molar-refractivity contribution in [3.63, 3.8) is 0 Å². The molecule has 80 valence electrons. The second-order valence-corrected chi connectivity index (χ2v) is 3.86. The van der Waals surface area contributed by atoms with Crippen LogP contribution in [-0.4, -0.2) is 36.1 Å². The van der Waals surface area contributed by atoms with Gasteiger partial charge in [-0.25, -0.2) is 4.79 Å². The maximum Gasteiger partial charge on any atom is 0.329 e. The number of carboxylic acid groups (broad SMARTS) is 1. The first kappa shape index (κ1) is 11.0. The monoisotopic (exact) mass is 200 g/mol. The Morgan fingerprint density at radius 1 is 1.50 bits per heavy atom. The summed E-state index contributed by atoms with van der Waals surface area (Å²) in [5.74, 6) is -1.14. The fourth-order valence-electron chi connectivity index (χ4n) is 1.49. The molecule has 3 N–H and O–H groups in total. The minimum atomic E-state index is -1.09. The van der Waals surface area contributed by atoms with Gasteiger partial charge in [-0.1, -0.05) is 0 Å². The molecule has 1 aliphatic rings. The van der Waals surface area contributed by atoms with Crippen LogP contribution in [-0.2, 0) is 9.59 Å². The van der Waals surface area contributed by atoms with E-state index in [-0.39, 0.29) is 18.4 Å². The number of likely N-dealkylation sites (N-methyl/N-ethyl adjacent to an activating group) is 1. The van der Waals surface area contributed by atoms with Gasteiger partial charge >= 0.3 is 5.97 Å². The third-order valence-electron chi connectivity index (χ3n) is 2.57. The van der Waals surface area contributed by atoms with Crippen molar-refractivity contribution in [3.05, 3.63) is 0 Å². The third-order valence-corrected chi connectivity index (χ3v) is 2.57. The standard InChI is InChI=1S/C9H16N2O3/c1-9(8(13)14,6-3-4-6)11-7(12)5-10-2/h6,10H,3-5H2,1-2H3,(H,11,12)(H,13,14). The van der Waals surface area contributed by atoms with Crippen LogP contribution in [0.25, 0.3) is 0 Å². The first-order chi connectivity index (χ1) is 6.50. The van der Waals surface area contributed by atoms with E-state index in [1.54, 1.807) is 14.0 Å². The molecule has 1 fully saturated rings. The zero-order valence-corrected chi connectivity index (χ0v) is 8.46. The molecule has 0 radical (unpaired) electrons. The molecule has 0 aromatic carbocycles. The largest absolute Gasteiger partial charge is 0.480 e. The van der Waals surface area contributed by atoms with Crippen molar-refractivity contribution in [3.8, 4) is 0 Å². The lowest BCUT2D eigenvalue weighted by Gasteiger charge is -2.25. The molecular weight excluding hydrogens is 184 g/mol. The Labute approximate surface area is 82.9 Å². The Bertz CT molecular complexity index is 250. The lowest BCUT2D eigenvalue weighted by molar-refractivity contribution is -0.147. The molecule has 5 nitrogen and oxygen atoms in total. The smallest absolute Gasteiger partial charge is 0.329 e. The van der Waals surface area contributed by atoms with Crippen LogP contribution >= 0.6 is 0 Å². The Balaban J connectivity index is 2.59. The van der Waals surface area contributed by atoms with Gasteiger partial charge in [0.25, 0.3) is 0 Å². The predicted octanol–water partition coefficient (Wildman–Crippen LogP) is -0.425. The number of carboxylic acids is 1. The summed E-state index contributed by atoms with van der Waals surface area (Å²) >= 11 is 0. The Morgan fingerprint density at radius 2 is 2.07 bits per heavy atom. The van der Waals surface area contributed by atoms with E-state index < -0.39 is 11.5 Å². The predicted molar refractivity (Wildman–Crippen MR) is 50.8 cm³/mol. The minimum Gasteiger partial charge on any atom is -0.480 e. The fourth-order valence-corrected chi connectivity index (χ4v) is 1.49. The highest BCUT2D eigenvalue weighted by atomic mass is 16.4. The van der Waals surface area contributed by atoms with E-state index in [0.29, 0.717) is 0 Å². The summed E-state index contributed by atoms with van der Waals surface area (Å²) in [5, 5.41) is 14.3. The van der Waals surface area contributed by atoms with Gasteiger partial charge in [0.15, 0.2) is 0 Å². The van der Waals surface area contributed by atoms with Crippen LogP contribution in [0.2, 0.25) is 0 Å². The molecule has 0 bridgehead atoms. The van der Waals surface area contributed by atoms with Crippen molar-refractivity contribution in [2.24, 2.45) is 5.92 Å². The number of hydrogen-bond donors (Lipinski definition) is 3. The van der Waals surface area contributed by atoms with Crippen molar-refractivity contribution in [2.75, 3.05) is 13.6 Å². The topological polar surface area (TPSA) is 78.4 Å². The molecule has 1 aliphatic carbocycles. The van der Waals surface area contributed by atoms with Crippen molar-refractivity contribution in [1.29, 1.82) is 0 Å². The van der Waals surface area contributed by atoms with Crippen LogP contribution in [0.15, 0.2) is 0 Å². The quantitative estimate of drug-likeness (QED) is 0.563. The van der Waals surface area contributed by atoms with Crippen molar-refractivity contribution in [1.82, 2.24) is 10.6 Å². The van der Waals surface area contributed by atoms with Gasteiger partial charge in [-0.05, 0) is 32.7 Å². The lowest BCUT2D eigenvalue weighted by atomic mass is 9.96. The summed E-state index contributed by atoms with van der Waals surface area (Å²) in [6, 6.07) is 0. The number of carbonyl (C=O) groups is 2. The highest BCUT2D eigenvalue weighted by Crippen LogP contribution is 2.39. The Morgan fingerprint density at radius 3 is 2.43 bits per heavy atom. The van der Waals surface area contributed by atoms with E-state index in [0.717, 1.165) is 12.8 Å². The second-order valence-electron chi connectivity index (χ2n) is 3.86. The number of carbonyl (C=O) groups excluding carboxylic acids is 1. The molecule has 14 heavy (non-hydrogen) atoms. The maximum atomic E-state index is 11.3. The van der Waals surface area contributed by atoms with Crippen LogP contribution in [0.5, 0.6) is 0 Å². The summed E-state index contributed by atoms with van der Waals surface area (Å²) in [6.07, 6.45) is 1.76. The van der Waals surface area contributed by atoms with Crippen molar-refractivity contribution < 1.29 is 14.7 Å². The lowest BCUT2D eigenvalue weighted by Crippen LogP contribution is -2.55. The number of hydrogen-bond acceptors (Lipinski definition) is 3. The van der Waals surface area contributed by atoms with E-state index in [9.17, 15) is 9.59 Å². The molecule has 0 saturated heterocycles. The zero-order chi connectivity index (χ0) is 10.8. The average molecular weight is 200 g/mol. The molecule has 0 aromatic heterocycles. The van der Waals surface area contributed by atoms with Gasteiger partial charge in [0.1, 0.15) is 5.54 Å². The van der Waals surface area contributed by atoms with Crippen LogP contribution in [0.4, 0.5) is 0 Å². The first-order valence-corrected chi connectivity index (χ1v) is 4.69. The van der Waals surface area contributed by atoms with E-state index in [1.165, 1.54) is 0 Å². The van der Waals surface area contributed by atoms with Crippen LogP contribution in [0.1, 0.15) is 19.8 Å². The van der Waals surface area contributed by atoms with Crippen LogP contribution < -0.4 is 10.6 Å². The van der Waals surface area contributed by atoms with Crippen LogP contribution in [0, 0.1) is 5.92 Å². The van der Waals surface area contributed by atoms with E-state index in [4.69, 9.17) is 5.11 Å². The summed E-state index contributed by atoms with van der Waals surface area (Å²) in [4.78, 5) is 22.3. The summed E-state index contributed by atoms with van der Waals surface area (Å²) in [6.45, 7) is 1.72. The van der Waals surface area contributed by atoms with Crippen LogP contribution in [0.3, 0.4) is 0 Å². The molecular formula is C9H16N2O3. The molecule has 1 rings (SSSR count). The molecule has 1 amide bonds. The molecule has 0 spiro atoms. The Kier molecular flexibility index (Phi) is 3.10. The van der Waals surface area contributed by atoms with E-state index in [1.807, 2.05) is 0 Å². The second kappa shape index (κ2) is 3.96. The molecule has 0 aliphatic heterocycles. The van der Waals surface area contributed by atoms with Crippen molar-refractivity contribution in [2.45, 2.75) is 25.3 Å². The highest BCUT2D eigenvalue weighted by molar-refractivity contribution is 5.88. The summed E-state index contributed by atoms with van der Waals surface area (Å²) in [5.41, 5.74) is -1.09. The molecule has 1 unspecified atom stereocenters. The molecule has 0 heterocycles. The Hall–Kier alpha value is -1.10. The SMILES string of the molecule is CNCC(=O)NC(C)(C(=O)O)C1CC1. The van der Waals surface area contributed by atoms with Crippen molar-refractivity contribution >= 4 is 11.9 Å². The summed E-state index contributed by atoms with van der Waals surface area (Å²) in [7, 11) is 1.65. The summed E-state index contributed by atoms with van der Waals surface area (Å²) < 4.78 is 0. The van der Waals surface area contributed by atoms with E-state index >= 15 is 0 Å². The number of aliphatic carboxylic acids is 1. The minimum absolute atomic E-state index is 0.0841. The zero-order valence-electron chi connectivity index (χ0n) is 8.46. The van der Waals surface area contributed by atoms with Gasteiger partial charge in [0, 0.05) is 0 Å². The van der Waals surface area contributed by atoms with E-state index in [2.05, 4.69) is 10.6 Å². The molecule has 0 aromatic rings. The third kappa shape index (κ3) is 2.23. The highest BCUT2D eigenvalue weighted by Gasteiger charge is 2.48. The van der Waals surface area contributed by atoms with Gasteiger partial charge in [-0.3, -0.25) is 4.79 Å². The van der Waals surface area contributed by atoms with Gasteiger partial charge in [-0.2, -0.15) is 0 Å². The molecule has 5 heteroatoms. The molecule has 1 atom stereocenters. The number of amides is 1. The number of rotatable bonds is 5.